The van der Waals surface area contributed by atoms with Crippen LogP contribution in [0.5, 0.6) is 0 Å². The summed E-state index contributed by atoms with van der Waals surface area (Å²) in [4.78, 5) is 27.9. The Balaban J connectivity index is 1.52. The molecule has 2 aliphatic heterocycles. The summed E-state index contributed by atoms with van der Waals surface area (Å²) < 4.78 is 35.3. The van der Waals surface area contributed by atoms with Crippen molar-refractivity contribution in [1.82, 2.24) is 9.62 Å². The molecule has 2 N–H and O–H groups in total. The third-order valence-electron chi connectivity index (χ3n) is 5.30. The van der Waals surface area contributed by atoms with Gasteiger partial charge in [-0.2, -0.15) is 0 Å². The quantitative estimate of drug-likeness (QED) is 0.361. The van der Waals surface area contributed by atoms with E-state index >= 15 is 0 Å². The average Bonchev–Trinajstić information content (AvgIpc) is 3.07. The molecule has 1 amide bonds. The first-order valence-electron chi connectivity index (χ1n) is 10.2. The van der Waals surface area contributed by atoms with Gasteiger partial charge in [0.2, 0.25) is 10.0 Å². The van der Waals surface area contributed by atoms with Gasteiger partial charge in [0.15, 0.2) is 0 Å². The summed E-state index contributed by atoms with van der Waals surface area (Å²) >= 11 is 0. The van der Waals surface area contributed by atoms with E-state index in [0.717, 1.165) is 32.2 Å². The van der Waals surface area contributed by atoms with Crippen LogP contribution in [0.25, 0.3) is 0 Å². The molecule has 1 unspecified atom stereocenters. The topological polar surface area (TPSA) is 129 Å². The van der Waals surface area contributed by atoms with Gasteiger partial charge in [-0.05, 0) is 57.1 Å². The summed E-state index contributed by atoms with van der Waals surface area (Å²) in [5.74, 6) is -0.431. The van der Waals surface area contributed by atoms with Crippen LogP contribution in [0, 0.1) is 11.3 Å². The largest absolute Gasteiger partial charge is 0.466 e. The maximum atomic E-state index is 12.3. The summed E-state index contributed by atoms with van der Waals surface area (Å²) in [5, 5.41) is 7.81. The first-order valence-corrected chi connectivity index (χ1v) is 12.1. The number of esters is 1. The Kier molecular flexibility index (Phi) is 7.16. The van der Waals surface area contributed by atoms with Crippen molar-refractivity contribution in [1.29, 1.82) is 5.41 Å². The highest BCUT2D eigenvalue weighted by atomic mass is 32.2. The Labute approximate surface area is 182 Å². The third kappa shape index (κ3) is 6.17. The molecule has 170 valence electrons. The molecule has 0 bridgehead atoms. The lowest BCUT2D eigenvalue weighted by atomic mass is 9.97. The maximum Gasteiger partial charge on any atom is 0.414 e. The van der Waals surface area contributed by atoms with Gasteiger partial charge in [0.1, 0.15) is 11.9 Å². The third-order valence-corrected chi connectivity index (χ3v) is 5.87. The molecular weight excluding hydrogens is 424 g/mol. The summed E-state index contributed by atoms with van der Waals surface area (Å²) in [6.07, 6.45) is 1.73. The van der Waals surface area contributed by atoms with E-state index in [2.05, 4.69) is 9.62 Å². The van der Waals surface area contributed by atoms with Gasteiger partial charge >= 0.3 is 12.1 Å². The van der Waals surface area contributed by atoms with Crippen molar-refractivity contribution >= 4 is 33.6 Å². The van der Waals surface area contributed by atoms with E-state index in [1.165, 1.54) is 4.90 Å². The summed E-state index contributed by atoms with van der Waals surface area (Å²) in [7, 11) is -3.53. The standard InChI is InChI=1S/C20H28N4O6S/c1-3-29-19(25)15-8-10-23(11-9-15)12-17-13-24(20(26)30-17)16-6-4-14(5-7-16)18(21)22-31(2,27)28/h4-7,15,17H,3,8-13H2,1-2H3,(H2,21,22). The van der Waals surface area contributed by atoms with Crippen LogP contribution in [0.2, 0.25) is 0 Å². The number of carbonyl (C=O) groups excluding carboxylic acids is 2. The fourth-order valence-electron chi connectivity index (χ4n) is 3.78. The SMILES string of the molecule is CCOC(=O)C1CCN(CC2CN(c3ccc(C(=N)NS(C)(=O)=O)cc3)C(=O)O2)CC1. The monoisotopic (exact) mass is 452 g/mol. The lowest BCUT2D eigenvalue weighted by molar-refractivity contribution is -0.149. The molecule has 1 aromatic carbocycles. The molecule has 2 heterocycles. The van der Waals surface area contributed by atoms with E-state index < -0.39 is 16.1 Å². The van der Waals surface area contributed by atoms with E-state index in [0.29, 0.717) is 30.9 Å². The Morgan fingerprint density at radius 1 is 1.26 bits per heavy atom. The van der Waals surface area contributed by atoms with Gasteiger partial charge < -0.3 is 9.47 Å². The van der Waals surface area contributed by atoms with Gasteiger partial charge in [-0.15, -0.1) is 0 Å². The predicted octanol–water partition coefficient (Wildman–Crippen LogP) is 1.16. The molecule has 0 radical (unpaired) electrons. The van der Waals surface area contributed by atoms with Crippen LogP contribution >= 0.6 is 0 Å². The summed E-state index contributed by atoms with van der Waals surface area (Å²) in [5.41, 5.74) is 1.01. The van der Waals surface area contributed by atoms with E-state index in [9.17, 15) is 18.0 Å². The van der Waals surface area contributed by atoms with E-state index in [4.69, 9.17) is 14.9 Å². The fourth-order valence-corrected chi connectivity index (χ4v) is 4.27. The number of ether oxygens (including phenoxy) is 2. The number of rotatable bonds is 7. The first-order chi connectivity index (χ1) is 14.7. The number of hydrogen-bond donors (Lipinski definition) is 2. The highest BCUT2D eigenvalue weighted by Crippen LogP contribution is 2.24. The molecule has 0 aromatic heterocycles. The number of sulfonamides is 1. The molecule has 3 rings (SSSR count). The molecule has 0 saturated carbocycles. The molecule has 1 aromatic rings. The van der Waals surface area contributed by atoms with Crippen molar-refractivity contribution in [2.75, 3.05) is 43.9 Å². The Morgan fingerprint density at radius 3 is 2.48 bits per heavy atom. The van der Waals surface area contributed by atoms with Crippen LogP contribution in [0.1, 0.15) is 25.3 Å². The zero-order valence-corrected chi connectivity index (χ0v) is 18.5. The molecule has 2 fully saturated rings. The molecule has 10 nitrogen and oxygen atoms in total. The Bertz CT molecular complexity index is 925. The van der Waals surface area contributed by atoms with Gasteiger partial charge in [0.05, 0.1) is 25.3 Å². The van der Waals surface area contributed by atoms with Gasteiger partial charge in [-0.25, -0.2) is 13.2 Å². The smallest absolute Gasteiger partial charge is 0.414 e. The second-order valence-corrected chi connectivity index (χ2v) is 9.49. The van der Waals surface area contributed by atoms with Gasteiger partial charge in [-0.3, -0.25) is 24.7 Å². The number of likely N-dealkylation sites (tertiary alicyclic amines) is 1. The molecular formula is C20H28N4O6S. The van der Waals surface area contributed by atoms with Gasteiger partial charge in [-0.1, -0.05) is 0 Å². The molecule has 0 spiro atoms. The van der Waals surface area contributed by atoms with Crippen LogP contribution in [-0.2, 0) is 24.3 Å². The zero-order chi connectivity index (χ0) is 22.6. The molecule has 1 atom stereocenters. The molecule has 11 heteroatoms. The van der Waals surface area contributed by atoms with Crippen molar-refractivity contribution < 1.29 is 27.5 Å². The van der Waals surface area contributed by atoms with Crippen molar-refractivity contribution in [3.63, 3.8) is 0 Å². The highest BCUT2D eigenvalue weighted by molar-refractivity contribution is 7.89. The van der Waals surface area contributed by atoms with Crippen LogP contribution in [0.4, 0.5) is 10.5 Å². The van der Waals surface area contributed by atoms with Crippen LogP contribution < -0.4 is 9.62 Å². The second-order valence-electron chi connectivity index (χ2n) is 7.74. The lowest BCUT2D eigenvalue weighted by Gasteiger charge is -2.31. The number of benzene rings is 1. The zero-order valence-electron chi connectivity index (χ0n) is 17.7. The predicted molar refractivity (Wildman–Crippen MR) is 115 cm³/mol. The molecule has 0 aliphatic carbocycles. The van der Waals surface area contributed by atoms with Crippen molar-refractivity contribution in [3.8, 4) is 0 Å². The number of nitrogens with one attached hydrogen (secondary N) is 2. The lowest BCUT2D eigenvalue weighted by Crippen LogP contribution is -2.41. The minimum absolute atomic E-state index is 0.0618. The Morgan fingerprint density at radius 2 is 1.90 bits per heavy atom. The Hall–Kier alpha value is -2.66. The van der Waals surface area contributed by atoms with E-state index in [1.807, 2.05) is 0 Å². The van der Waals surface area contributed by atoms with Crippen molar-refractivity contribution in [2.24, 2.45) is 5.92 Å². The maximum absolute atomic E-state index is 12.3. The van der Waals surface area contributed by atoms with Gasteiger partial charge in [0.25, 0.3) is 0 Å². The number of hydrogen-bond acceptors (Lipinski definition) is 8. The second kappa shape index (κ2) is 9.65. The summed E-state index contributed by atoms with van der Waals surface area (Å²) in [6, 6.07) is 6.47. The molecule has 31 heavy (non-hydrogen) atoms. The van der Waals surface area contributed by atoms with Crippen molar-refractivity contribution in [3.05, 3.63) is 29.8 Å². The first kappa shape index (κ1) is 23.0. The summed E-state index contributed by atoms with van der Waals surface area (Å²) in [6.45, 7) is 4.69. The van der Waals surface area contributed by atoms with E-state index in [1.54, 1.807) is 31.2 Å². The number of amidine groups is 1. The molecule has 2 aliphatic rings. The number of piperidine rings is 1. The molecule has 2 saturated heterocycles. The fraction of sp³-hybridized carbons (Fsp3) is 0.550. The minimum atomic E-state index is -3.53. The highest BCUT2D eigenvalue weighted by Gasteiger charge is 2.35. The van der Waals surface area contributed by atoms with Crippen molar-refractivity contribution in [2.45, 2.75) is 25.9 Å². The number of carbonyl (C=O) groups is 2. The van der Waals surface area contributed by atoms with Crippen LogP contribution in [0.15, 0.2) is 24.3 Å². The number of anilines is 1. The normalized spacial score (nSPS) is 20.4. The van der Waals surface area contributed by atoms with Crippen LogP contribution in [0.3, 0.4) is 0 Å². The average molecular weight is 453 g/mol. The van der Waals surface area contributed by atoms with E-state index in [-0.39, 0.29) is 23.8 Å². The minimum Gasteiger partial charge on any atom is -0.466 e. The number of amides is 1. The van der Waals surface area contributed by atoms with Crippen LogP contribution in [-0.4, -0.2) is 76.4 Å². The number of cyclic esters (lactones) is 1. The van der Waals surface area contributed by atoms with Gasteiger partial charge in [0, 0.05) is 17.8 Å². The number of nitrogens with zero attached hydrogens (tertiary/aromatic N) is 2.